The van der Waals surface area contributed by atoms with Crippen molar-refractivity contribution in [1.82, 2.24) is 13.7 Å². The first-order valence-corrected chi connectivity index (χ1v) is 40.4. The van der Waals surface area contributed by atoms with E-state index in [2.05, 4.69) is 27.4 Å². The average molecular weight is 1550 g/mol. The minimum absolute atomic E-state index is 0.117. The summed E-state index contributed by atoms with van der Waals surface area (Å²) in [6.07, 6.45) is 19.7. The molecule has 28 nitrogen and oxygen atoms in total. The number of primary sulfonamides is 3. The van der Waals surface area contributed by atoms with Crippen LogP contribution in [0.5, 0.6) is 17.2 Å². The Morgan fingerprint density at radius 2 is 0.644 bits per heavy atom. The van der Waals surface area contributed by atoms with Crippen molar-refractivity contribution in [2.24, 2.45) is 15.4 Å². The van der Waals surface area contributed by atoms with E-state index in [1.54, 1.807) is 125 Å². The van der Waals surface area contributed by atoms with Crippen LogP contribution >= 0.6 is 41.8 Å². The standard InChI is InChI=1S/3C23H26N5O3S2.H3O4P/c3*24-18-5-8-21(20(25)14-18)31-22(23-2-1-13-32-23)15-28-12-11-27(16-28)10-9-17-3-6-19(7-4-17)33(26,29)30;1-5(2,3)4/h3*1-8,11-14,16,22H,9-10,15,24-25H2,(H2,26,29,30);(H3,1,2,3,4)/q3*+1;/p-3. The molecule has 0 aliphatic heterocycles. The number of sulfonamides is 3. The summed E-state index contributed by atoms with van der Waals surface area (Å²) in [6.45, 7) is 4.08. The molecule has 3 unspecified atom stereocenters. The van der Waals surface area contributed by atoms with Gasteiger partial charge >= 0.3 is 0 Å². The molecule has 104 heavy (non-hydrogen) atoms. The molecular weight excluding hydrogens is 1470 g/mol. The fourth-order valence-corrected chi connectivity index (χ4v) is 14.2. The Morgan fingerprint density at radius 1 is 0.394 bits per heavy atom. The van der Waals surface area contributed by atoms with Gasteiger partial charge in [0.15, 0.2) is 18.3 Å². The van der Waals surface area contributed by atoms with Gasteiger partial charge in [-0.3, -0.25) is 0 Å². The molecule has 6 heterocycles. The van der Waals surface area contributed by atoms with Gasteiger partial charge in [0.2, 0.25) is 49.1 Å². The lowest BCUT2D eigenvalue weighted by Gasteiger charge is -2.36. The summed E-state index contributed by atoms with van der Waals surface area (Å²) in [4.78, 5) is 29.3. The fourth-order valence-electron chi connectivity index (χ4n) is 10.4. The van der Waals surface area contributed by atoms with E-state index in [1.807, 2.05) is 109 Å². The maximum absolute atomic E-state index is 11.4. The van der Waals surface area contributed by atoms with Crippen LogP contribution in [-0.2, 0) is 93.2 Å². The van der Waals surface area contributed by atoms with Gasteiger partial charge in [-0.05, 0) is 142 Å². The van der Waals surface area contributed by atoms with Gasteiger partial charge < -0.3 is 67.9 Å². The quantitative estimate of drug-likeness (QED) is 0.0179. The summed E-state index contributed by atoms with van der Waals surface area (Å²) in [5.74, 6) is 1.81. The molecular formula is C69H78N15O13PS6. The smallest absolute Gasteiger partial charge is 0.243 e. The fraction of sp³-hybridized carbons (Fsp3) is 0.174. The van der Waals surface area contributed by atoms with Crippen molar-refractivity contribution >= 4 is 106 Å². The highest BCUT2D eigenvalue weighted by atomic mass is 32.2. The maximum Gasteiger partial charge on any atom is 0.243 e. The van der Waals surface area contributed by atoms with Crippen LogP contribution in [0, 0.1) is 0 Å². The second kappa shape index (κ2) is 35.5. The maximum atomic E-state index is 11.4. The van der Waals surface area contributed by atoms with E-state index in [1.165, 1.54) is 36.4 Å². The Morgan fingerprint density at radius 3 is 0.856 bits per heavy atom. The van der Waals surface area contributed by atoms with E-state index >= 15 is 0 Å². The topological polar surface area (TPSA) is 477 Å². The van der Waals surface area contributed by atoms with Crippen molar-refractivity contribution in [2.75, 3.05) is 34.4 Å². The number of hydrogen-bond donors (Lipinski definition) is 9. The first-order chi connectivity index (χ1) is 49.3. The summed E-state index contributed by atoms with van der Waals surface area (Å²) in [5, 5.41) is 21.5. The normalized spacial score (nSPS) is 12.5. The first-order valence-electron chi connectivity index (χ1n) is 31.6. The third-order valence-electron chi connectivity index (χ3n) is 15.6. The van der Waals surface area contributed by atoms with Crippen molar-refractivity contribution in [3.8, 4) is 17.2 Å². The van der Waals surface area contributed by atoms with Gasteiger partial charge in [0.1, 0.15) is 74.1 Å². The lowest BCUT2D eigenvalue weighted by Crippen LogP contribution is -2.36. The molecule has 0 radical (unpaired) electrons. The van der Waals surface area contributed by atoms with Crippen molar-refractivity contribution in [2.45, 2.75) is 91.5 Å². The van der Waals surface area contributed by atoms with Crippen LogP contribution in [-0.4, -0.2) is 39.0 Å². The van der Waals surface area contributed by atoms with Crippen LogP contribution in [0.25, 0.3) is 0 Å². The minimum atomic E-state index is -5.39. The monoisotopic (exact) mass is 1550 g/mol. The van der Waals surface area contributed by atoms with E-state index in [9.17, 15) is 25.3 Å². The molecule has 0 fully saturated rings. The zero-order valence-electron chi connectivity index (χ0n) is 55.7. The van der Waals surface area contributed by atoms with Gasteiger partial charge in [0.25, 0.3) is 0 Å². The van der Waals surface area contributed by atoms with Gasteiger partial charge in [-0.2, -0.15) is 7.82 Å². The highest BCUT2D eigenvalue weighted by Crippen LogP contribution is 2.34. The van der Waals surface area contributed by atoms with Gasteiger partial charge in [0.05, 0.1) is 51.4 Å². The SMILES string of the molecule is Nc1ccc(OC(C[n+]2ccn(CCc3ccc(S(N)(=O)=O)cc3)c2)c2cccs2)c(N)c1.Nc1ccc(OC(C[n+]2ccn(CCc3ccc(S(N)(=O)=O)cc3)c2)c2cccs2)c(N)c1.Nc1ccc(OC(C[n+]2ccn(CCc3ccc(S(N)(=O)=O)cc3)c2)c2cccs2)c(N)c1.O=P([O-])([O-])[O-]. The molecule has 0 bridgehead atoms. The van der Waals surface area contributed by atoms with Gasteiger partial charge in [-0.15, -0.1) is 34.0 Å². The molecule has 0 saturated carbocycles. The second-order valence-corrected chi connectivity index (χ2v) is 32.1. The predicted octanol–water partition coefficient (Wildman–Crippen LogP) is 5.31. The largest absolute Gasteiger partial charge is 0.822 e. The Labute approximate surface area is 614 Å². The van der Waals surface area contributed by atoms with E-state index in [0.29, 0.717) is 71.0 Å². The van der Waals surface area contributed by atoms with Crippen LogP contribution in [0.3, 0.4) is 0 Å². The summed E-state index contributed by atoms with van der Waals surface area (Å²) < 4.78 is 108. The zero-order chi connectivity index (χ0) is 74.8. The summed E-state index contributed by atoms with van der Waals surface area (Å²) in [7, 11) is -16.4. The minimum Gasteiger partial charge on any atom is -0.822 e. The number of phosphoric acid groups is 1. The lowest BCUT2D eigenvalue weighted by atomic mass is 10.1. The number of anilines is 6. The summed E-state index contributed by atoms with van der Waals surface area (Å²) in [6, 6.07) is 47.9. The molecule has 6 aromatic heterocycles. The van der Waals surface area contributed by atoms with Crippen LogP contribution < -0.4 is 92.4 Å². The van der Waals surface area contributed by atoms with Crippen molar-refractivity contribution in [3.05, 3.63) is 267 Å². The molecule has 0 amide bonds. The Hall–Kier alpha value is -9.91. The molecule has 12 aromatic rings. The molecule has 12 rings (SSSR count). The number of nitrogens with zero attached hydrogens (tertiary/aromatic N) is 6. The van der Waals surface area contributed by atoms with E-state index in [-0.39, 0.29) is 33.0 Å². The van der Waals surface area contributed by atoms with Gasteiger partial charge in [-0.1, -0.05) is 54.6 Å². The summed E-state index contributed by atoms with van der Waals surface area (Å²) in [5.41, 5.74) is 42.1. The van der Waals surface area contributed by atoms with E-state index in [4.69, 9.17) is 83.3 Å². The van der Waals surface area contributed by atoms with Crippen LogP contribution in [0.1, 0.15) is 49.6 Å². The van der Waals surface area contributed by atoms with Crippen molar-refractivity contribution < 1.29 is 72.4 Å². The predicted molar refractivity (Wildman–Crippen MR) is 395 cm³/mol. The van der Waals surface area contributed by atoms with Crippen LogP contribution in [0.4, 0.5) is 34.1 Å². The number of rotatable bonds is 27. The number of nitrogen functional groups attached to an aromatic ring is 6. The Balaban J connectivity index is 0.000000175. The number of aryl methyl sites for hydroxylation is 6. The number of nitrogens with two attached hydrogens (primary N) is 9. The second-order valence-electron chi connectivity index (χ2n) is 23.6. The highest BCUT2D eigenvalue weighted by molar-refractivity contribution is 7.89. The van der Waals surface area contributed by atoms with Crippen molar-refractivity contribution in [3.63, 3.8) is 0 Å². The Bertz CT molecular complexity index is 4640. The average Bonchev–Trinajstić information content (AvgIpc) is 1.47. The molecule has 35 heteroatoms. The number of imidazole rings is 3. The molecule has 0 aliphatic carbocycles. The molecule has 6 aromatic carbocycles. The van der Waals surface area contributed by atoms with Gasteiger partial charge in [0, 0.05) is 51.0 Å². The first kappa shape index (κ1) is 78.2. The number of hydrogen-bond acceptors (Lipinski definition) is 22. The zero-order valence-corrected chi connectivity index (χ0v) is 61.5. The number of thiophene rings is 3. The number of benzene rings is 6. The highest BCUT2D eigenvalue weighted by Gasteiger charge is 2.24. The third-order valence-corrected chi connectivity index (χ3v) is 21.3. The molecule has 18 N–H and O–H groups in total. The lowest BCUT2D eigenvalue weighted by molar-refractivity contribution is -0.703. The molecule has 0 saturated heterocycles. The third kappa shape index (κ3) is 24.6. The van der Waals surface area contributed by atoms with Crippen LogP contribution in [0.2, 0.25) is 0 Å². The summed E-state index contributed by atoms with van der Waals surface area (Å²) >= 11 is 4.90. The van der Waals surface area contributed by atoms with Gasteiger partial charge in [-0.25, -0.2) is 68.1 Å². The van der Waals surface area contributed by atoms with E-state index < -0.39 is 37.9 Å². The molecule has 0 aliphatic rings. The molecule has 0 spiro atoms. The number of aromatic nitrogens is 6. The number of ether oxygens (including phenoxy) is 3. The van der Waals surface area contributed by atoms with Crippen molar-refractivity contribution in [1.29, 1.82) is 0 Å². The van der Waals surface area contributed by atoms with E-state index in [0.717, 1.165) is 70.2 Å². The Kier molecular flexibility index (Phi) is 26.7. The van der Waals surface area contributed by atoms with Crippen LogP contribution in [0.15, 0.2) is 251 Å². The molecule has 3 atom stereocenters. The molecule has 548 valence electrons.